The molecule has 1 aromatic carbocycles. The van der Waals surface area contributed by atoms with Crippen molar-refractivity contribution < 1.29 is 14.1 Å². The zero-order chi connectivity index (χ0) is 13.1. The molecule has 0 unspecified atom stereocenters. The van der Waals surface area contributed by atoms with Gasteiger partial charge in [-0.1, -0.05) is 0 Å². The van der Waals surface area contributed by atoms with Crippen LogP contribution in [-0.4, -0.2) is 24.1 Å². The highest BCUT2D eigenvalue weighted by Crippen LogP contribution is 2.33. The van der Waals surface area contributed by atoms with E-state index < -0.39 is 10.7 Å². The van der Waals surface area contributed by atoms with Crippen LogP contribution < -0.4 is 10.1 Å². The standard InChI is InChI=1S/C11H12BrFN2O3/c12-8-5-11(10(15(16)17)6-9(8)13)18-7-1-3-14-4-2-7/h5-7,14H,1-4H2. The van der Waals surface area contributed by atoms with Crippen LogP contribution in [0, 0.1) is 15.9 Å². The van der Waals surface area contributed by atoms with Crippen molar-refractivity contribution in [1.29, 1.82) is 0 Å². The third-order valence-corrected chi connectivity index (χ3v) is 3.39. The maximum atomic E-state index is 13.3. The van der Waals surface area contributed by atoms with Gasteiger partial charge in [-0.15, -0.1) is 0 Å². The number of hydrogen-bond acceptors (Lipinski definition) is 4. The van der Waals surface area contributed by atoms with Crippen LogP contribution >= 0.6 is 15.9 Å². The number of nitro benzene ring substituents is 1. The molecule has 0 aliphatic carbocycles. The van der Waals surface area contributed by atoms with Crippen molar-refractivity contribution in [3.8, 4) is 5.75 Å². The van der Waals surface area contributed by atoms with Gasteiger partial charge in [0.15, 0.2) is 5.75 Å². The minimum atomic E-state index is -0.667. The summed E-state index contributed by atoms with van der Waals surface area (Å²) in [5, 5.41) is 14.0. The van der Waals surface area contributed by atoms with Crippen LogP contribution in [0.15, 0.2) is 16.6 Å². The molecular formula is C11H12BrFN2O3. The van der Waals surface area contributed by atoms with E-state index in [1.807, 2.05) is 0 Å². The van der Waals surface area contributed by atoms with Crippen LogP contribution in [0.1, 0.15) is 12.8 Å². The summed E-state index contributed by atoms with van der Waals surface area (Å²) in [7, 11) is 0. The molecule has 18 heavy (non-hydrogen) atoms. The molecule has 98 valence electrons. The highest BCUT2D eigenvalue weighted by atomic mass is 79.9. The van der Waals surface area contributed by atoms with E-state index >= 15 is 0 Å². The maximum Gasteiger partial charge on any atom is 0.313 e. The van der Waals surface area contributed by atoms with Gasteiger partial charge in [-0.25, -0.2) is 4.39 Å². The number of hydrogen-bond donors (Lipinski definition) is 1. The molecule has 1 N–H and O–H groups in total. The molecule has 0 spiro atoms. The summed E-state index contributed by atoms with van der Waals surface area (Å²) >= 11 is 3.00. The molecule has 1 aliphatic rings. The first-order valence-corrected chi connectivity index (χ1v) is 6.38. The Balaban J connectivity index is 2.24. The minimum Gasteiger partial charge on any atom is -0.483 e. The molecule has 1 aromatic rings. The van der Waals surface area contributed by atoms with E-state index in [1.54, 1.807) is 0 Å². The molecule has 1 fully saturated rings. The third kappa shape index (κ3) is 2.97. The van der Waals surface area contributed by atoms with Crippen LogP contribution in [0.25, 0.3) is 0 Å². The predicted octanol–water partition coefficient (Wildman–Crippen LogP) is 2.63. The highest BCUT2D eigenvalue weighted by Gasteiger charge is 2.23. The van der Waals surface area contributed by atoms with E-state index in [0.717, 1.165) is 32.0 Å². The minimum absolute atomic E-state index is 0.0673. The lowest BCUT2D eigenvalue weighted by atomic mass is 10.1. The van der Waals surface area contributed by atoms with Crippen molar-refractivity contribution in [3.63, 3.8) is 0 Å². The van der Waals surface area contributed by atoms with Crippen molar-refractivity contribution >= 4 is 21.6 Å². The molecule has 1 aliphatic heterocycles. The summed E-state index contributed by atoms with van der Waals surface area (Å²) in [6.45, 7) is 1.64. The first-order valence-electron chi connectivity index (χ1n) is 5.58. The fraction of sp³-hybridized carbons (Fsp3) is 0.455. The molecule has 0 amide bonds. The first-order chi connectivity index (χ1) is 8.58. The number of nitro groups is 1. The van der Waals surface area contributed by atoms with Crippen LogP contribution in [0.2, 0.25) is 0 Å². The molecule has 7 heteroatoms. The van der Waals surface area contributed by atoms with Gasteiger partial charge in [0.1, 0.15) is 11.9 Å². The van der Waals surface area contributed by atoms with E-state index in [2.05, 4.69) is 21.2 Å². The monoisotopic (exact) mass is 318 g/mol. The number of piperidine rings is 1. The van der Waals surface area contributed by atoms with Gasteiger partial charge in [0.25, 0.3) is 0 Å². The molecule has 0 atom stereocenters. The van der Waals surface area contributed by atoms with Gasteiger partial charge in [-0.2, -0.15) is 0 Å². The summed E-state index contributed by atoms with van der Waals surface area (Å²) in [4.78, 5) is 10.2. The van der Waals surface area contributed by atoms with E-state index in [9.17, 15) is 14.5 Å². The zero-order valence-electron chi connectivity index (χ0n) is 9.49. The van der Waals surface area contributed by atoms with Crippen molar-refractivity contribution in [2.24, 2.45) is 0 Å². The molecule has 0 radical (unpaired) electrons. The van der Waals surface area contributed by atoms with Crippen LogP contribution in [0.4, 0.5) is 10.1 Å². The van der Waals surface area contributed by atoms with E-state index in [4.69, 9.17) is 4.74 Å². The second-order valence-corrected chi connectivity index (χ2v) is 4.91. The smallest absolute Gasteiger partial charge is 0.313 e. The normalized spacial score (nSPS) is 16.6. The Morgan fingerprint density at radius 1 is 1.44 bits per heavy atom. The second kappa shape index (κ2) is 5.62. The summed E-state index contributed by atoms with van der Waals surface area (Å²) in [5.74, 6) is -0.556. The van der Waals surface area contributed by atoms with Gasteiger partial charge in [-0.05, 0) is 41.9 Å². The van der Waals surface area contributed by atoms with Crippen molar-refractivity contribution in [3.05, 3.63) is 32.5 Å². The third-order valence-electron chi connectivity index (χ3n) is 2.78. The van der Waals surface area contributed by atoms with Gasteiger partial charge in [0, 0.05) is 6.07 Å². The van der Waals surface area contributed by atoms with Gasteiger partial charge >= 0.3 is 5.69 Å². The van der Waals surface area contributed by atoms with Gasteiger partial charge in [0.05, 0.1) is 15.5 Å². The molecule has 1 saturated heterocycles. The number of nitrogens with zero attached hydrogens (tertiary/aromatic N) is 1. The number of benzene rings is 1. The number of nitrogens with one attached hydrogen (secondary N) is 1. The lowest BCUT2D eigenvalue weighted by Crippen LogP contribution is -2.34. The molecule has 5 nitrogen and oxygen atoms in total. The Labute approximate surface area is 112 Å². The fourth-order valence-electron chi connectivity index (χ4n) is 1.85. The van der Waals surface area contributed by atoms with Gasteiger partial charge < -0.3 is 10.1 Å². The Hall–Kier alpha value is -1.21. The number of ether oxygens (including phenoxy) is 1. The maximum absolute atomic E-state index is 13.3. The van der Waals surface area contributed by atoms with Crippen molar-refractivity contribution in [2.75, 3.05) is 13.1 Å². The lowest BCUT2D eigenvalue weighted by molar-refractivity contribution is -0.386. The van der Waals surface area contributed by atoms with E-state index in [-0.39, 0.29) is 22.0 Å². The van der Waals surface area contributed by atoms with Gasteiger partial charge in [0.2, 0.25) is 0 Å². The average Bonchev–Trinajstić information content (AvgIpc) is 2.34. The Morgan fingerprint density at radius 2 is 2.11 bits per heavy atom. The Bertz CT molecular complexity index is 464. The summed E-state index contributed by atoms with van der Waals surface area (Å²) in [6.07, 6.45) is 1.50. The summed E-state index contributed by atoms with van der Waals surface area (Å²) in [6, 6.07) is 2.19. The highest BCUT2D eigenvalue weighted by molar-refractivity contribution is 9.10. The molecular weight excluding hydrogens is 307 g/mol. The molecule has 2 rings (SSSR count). The van der Waals surface area contributed by atoms with Crippen LogP contribution in [0.5, 0.6) is 5.75 Å². The zero-order valence-corrected chi connectivity index (χ0v) is 11.1. The van der Waals surface area contributed by atoms with Crippen LogP contribution in [0.3, 0.4) is 0 Å². The first kappa shape index (κ1) is 13.2. The van der Waals surface area contributed by atoms with E-state index in [1.165, 1.54) is 6.07 Å². The second-order valence-electron chi connectivity index (χ2n) is 4.06. The Morgan fingerprint density at radius 3 is 2.72 bits per heavy atom. The van der Waals surface area contributed by atoms with Crippen molar-refractivity contribution in [1.82, 2.24) is 5.32 Å². The Kier molecular flexibility index (Phi) is 4.13. The SMILES string of the molecule is O=[N+]([O-])c1cc(F)c(Br)cc1OC1CCNCC1. The largest absolute Gasteiger partial charge is 0.483 e. The predicted molar refractivity (Wildman–Crippen MR) is 67.3 cm³/mol. The van der Waals surface area contributed by atoms with Crippen molar-refractivity contribution in [2.45, 2.75) is 18.9 Å². The quantitative estimate of drug-likeness (QED) is 0.687. The fourth-order valence-corrected chi connectivity index (χ4v) is 2.17. The molecule has 1 heterocycles. The topological polar surface area (TPSA) is 64.4 Å². The average molecular weight is 319 g/mol. The molecule has 0 bridgehead atoms. The molecule has 0 saturated carbocycles. The van der Waals surface area contributed by atoms with Gasteiger partial charge in [-0.3, -0.25) is 10.1 Å². The van der Waals surface area contributed by atoms with E-state index in [0.29, 0.717) is 0 Å². The molecule has 0 aromatic heterocycles. The number of rotatable bonds is 3. The van der Waals surface area contributed by atoms with Crippen LogP contribution in [-0.2, 0) is 0 Å². The lowest BCUT2D eigenvalue weighted by Gasteiger charge is -2.23. The summed E-state index contributed by atoms with van der Waals surface area (Å²) < 4.78 is 19.1. The summed E-state index contributed by atoms with van der Waals surface area (Å²) in [5.41, 5.74) is -0.339. The number of halogens is 2.